The van der Waals surface area contributed by atoms with Crippen molar-refractivity contribution in [3.63, 3.8) is 0 Å². The molecule has 2 aromatic rings. The normalized spacial score (nSPS) is 10.2. The lowest BCUT2D eigenvalue weighted by molar-refractivity contribution is -0.394. The summed E-state index contributed by atoms with van der Waals surface area (Å²) in [7, 11) is 0. The molecule has 0 spiro atoms. The minimum atomic E-state index is -0.679. The molecule has 0 bridgehead atoms. The maximum absolute atomic E-state index is 12.8. The van der Waals surface area contributed by atoms with E-state index in [0.29, 0.717) is 11.1 Å². The van der Waals surface area contributed by atoms with Crippen LogP contribution in [0.25, 0.3) is 0 Å². The van der Waals surface area contributed by atoms with E-state index < -0.39 is 15.7 Å². The van der Waals surface area contributed by atoms with E-state index in [2.05, 4.69) is 0 Å². The van der Waals surface area contributed by atoms with Crippen LogP contribution in [0.4, 0.5) is 15.8 Å². The molecule has 0 amide bonds. The maximum Gasteiger partial charge on any atom is 0.276 e. The highest BCUT2D eigenvalue weighted by molar-refractivity contribution is 5.47. The van der Waals surface area contributed by atoms with Crippen molar-refractivity contribution >= 4 is 11.4 Å². The molecule has 0 heterocycles. The fourth-order valence-electron chi connectivity index (χ4n) is 1.81. The summed E-state index contributed by atoms with van der Waals surface area (Å²) in [5.74, 6) is -0.390. The smallest absolute Gasteiger partial charge is 0.258 e. The van der Waals surface area contributed by atoms with Crippen LogP contribution in [0.2, 0.25) is 0 Å². The van der Waals surface area contributed by atoms with E-state index in [1.165, 1.54) is 36.4 Å². The van der Waals surface area contributed by atoms with Gasteiger partial charge in [0.25, 0.3) is 11.4 Å². The molecule has 0 radical (unpaired) electrons. The van der Waals surface area contributed by atoms with E-state index in [1.807, 2.05) is 0 Å². The molecule has 0 aliphatic carbocycles. The second kappa shape index (κ2) is 5.43. The number of benzene rings is 2. The Morgan fingerprint density at radius 3 is 1.80 bits per heavy atom. The van der Waals surface area contributed by atoms with Gasteiger partial charge in [0.15, 0.2) is 0 Å². The van der Waals surface area contributed by atoms with E-state index in [-0.39, 0.29) is 17.8 Å². The fraction of sp³-hybridized carbons (Fsp3) is 0.0769. The Labute approximate surface area is 112 Å². The molecule has 7 heteroatoms. The van der Waals surface area contributed by atoms with Gasteiger partial charge in [-0.1, -0.05) is 12.1 Å². The van der Waals surface area contributed by atoms with Crippen molar-refractivity contribution in [2.75, 3.05) is 0 Å². The Kier molecular flexibility index (Phi) is 3.69. The number of nitro groups is 2. The predicted octanol–water partition coefficient (Wildman–Crippen LogP) is 3.23. The van der Waals surface area contributed by atoms with Crippen LogP contribution < -0.4 is 0 Å². The van der Waals surface area contributed by atoms with Crippen LogP contribution in [0, 0.1) is 26.0 Å². The van der Waals surface area contributed by atoms with Crippen molar-refractivity contribution in [2.45, 2.75) is 6.42 Å². The number of halogens is 1. The van der Waals surface area contributed by atoms with Gasteiger partial charge in [-0.25, -0.2) is 4.39 Å². The van der Waals surface area contributed by atoms with Gasteiger partial charge in [-0.05, 0) is 29.7 Å². The molecule has 0 saturated heterocycles. The molecule has 0 atom stereocenters. The van der Waals surface area contributed by atoms with Gasteiger partial charge in [0.1, 0.15) is 5.82 Å². The molecule has 0 saturated carbocycles. The molecule has 0 N–H and O–H groups in total. The third-order valence-electron chi connectivity index (χ3n) is 2.71. The van der Waals surface area contributed by atoms with E-state index in [4.69, 9.17) is 0 Å². The molecule has 20 heavy (non-hydrogen) atoms. The molecule has 0 aliphatic rings. The van der Waals surface area contributed by atoms with E-state index in [1.54, 1.807) is 0 Å². The third-order valence-corrected chi connectivity index (χ3v) is 2.71. The van der Waals surface area contributed by atoms with Gasteiger partial charge in [-0.15, -0.1) is 0 Å². The second-order valence-electron chi connectivity index (χ2n) is 4.18. The summed E-state index contributed by atoms with van der Waals surface area (Å²) in [5.41, 5.74) is 0.464. The van der Waals surface area contributed by atoms with Crippen LogP contribution in [-0.4, -0.2) is 9.85 Å². The molecular formula is C13H9FN2O4. The first-order valence-electron chi connectivity index (χ1n) is 5.63. The van der Waals surface area contributed by atoms with Gasteiger partial charge < -0.3 is 0 Å². The average molecular weight is 276 g/mol. The largest absolute Gasteiger partial charge is 0.276 e. The maximum atomic E-state index is 12.8. The number of hydrogen-bond donors (Lipinski definition) is 0. The van der Waals surface area contributed by atoms with Gasteiger partial charge in [0, 0.05) is 12.1 Å². The molecule has 102 valence electrons. The number of nitrogens with zero attached hydrogens (tertiary/aromatic N) is 2. The van der Waals surface area contributed by atoms with E-state index in [9.17, 15) is 24.6 Å². The van der Waals surface area contributed by atoms with Crippen LogP contribution >= 0.6 is 0 Å². The van der Waals surface area contributed by atoms with Crippen molar-refractivity contribution in [2.24, 2.45) is 0 Å². The Morgan fingerprint density at radius 1 is 0.850 bits per heavy atom. The number of non-ortho nitro benzene ring substituents is 2. The lowest BCUT2D eigenvalue weighted by Gasteiger charge is -2.02. The Bertz CT molecular complexity index is 638. The van der Waals surface area contributed by atoms with Crippen LogP contribution in [0.5, 0.6) is 0 Å². The van der Waals surface area contributed by atoms with Crippen molar-refractivity contribution in [3.05, 3.63) is 79.6 Å². The Morgan fingerprint density at radius 2 is 1.35 bits per heavy atom. The summed E-state index contributed by atoms with van der Waals surface area (Å²) in [4.78, 5) is 20.2. The molecule has 6 nitrogen and oxygen atoms in total. The van der Waals surface area contributed by atoms with Gasteiger partial charge in [0.05, 0.1) is 15.9 Å². The van der Waals surface area contributed by atoms with Crippen LogP contribution in [0.15, 0.2) is 42.5 Å². The van der Waals surface area contributed by atoms with Crippen molar-refractivity contribution < 1.29 is 14.2 Å². The predicted molar refractivity (Wildman–Crippen MR) is 69.0 cm³/mol. The first-order chi connectivity index (χ1) is 9.45. The monoisotopic (exact) mass is 276 g/mol. The quantitative estimate of drug-likeness (QED) is 0.633. The zero-order valence-electron chi connectivity index (χ0n) is 10.2. The molecule has 0 unspecified atom stereocenters. The summed E-state index contributed by atoms with van der Waals surface area (Å²) < 4.78 is 12.8. The SMILES string of the molecule is O=[N+]([O-])c1cc(Cc2ccc(F)cc2)cc([N+](=O)[O-])c1. The Hall–Kier alpha value is -2.83. The van der Waals surface area contributed by atoms with Gasteiger partial charge >= 0.3 is 0 Å². The van der Waals surface area contributed by atoms with Crippen molar-refractivity contribution in [3.8, 4) is 0 Å². The topological polar surface area (TPSA) is 86.3 Å². The highest BCUT2D eigenvalue weighted by Crippen LogP contribution is 2.24. The number of hydrogen-bond acceptors (Lipinski definition) is 4. The minimum absolute atomic E-state index is 0.253. The zero-order chi connectivity index (χ0) is 14.7. The van der Waals surface area contributed by atoms with Gasteiger partial charge in [-0.3, -0.25) is 20.2 Å². The number of nitro benzene ring substituents is 2. The van der Waals surface area contributed by atoms with Crippen molar-refractivity contribution in [1.29, 1.82) is 0 Å². The molecule has 2 aromatic carbocycles. The standard InChI is InChI=1S/C13H9FN2O4/c14-11-3-1-9(2-4-11)5-10-6-12(15(17)18)8-13(7-10)16(19)20/h1-4,6-8H,5H2. The van der Waals surface area contributed by atoms with Gasteiger partial charge in [-0.2, -0.15) is 0 Å². The molecule has 0 aliphatic heterocycles. The highest BCUT2D eigenvalue weighted by Gasteiger charge is 2.16. The first kappa shape index (κ1) is 13.6. The molecule has 0 fully saturated rings. The summed E-state index contributed by atoms with van der Waals surface area (Å²) in [6.45, 7) is 0. The molecular weight excluding hydrogens is 267 g/mol. The minimum Gasteiger partial charge on any atom is -0.258 e. The second-order valence-corrected chi connectivity index (χ2v) is 4.18. The summed E-state index contributed by atoms with van der Waals surface area (Å²) >= 11 is 0. The fourth-order valence-corrected chi connectivity index (χ4v) is 1.81. The summed E-state index contributed by atoms with van der Waals surface area (Å²) in [6.07, 6.45) is 0.253. The average Bonchev–Trinajstić information content (AvgIpc) is 2.41. The van der Waals surface area contributed by atoms with Crippen LogP contribution in [0.1, 0.15) is 11.1 Å². The lowest BCUT2D eigenvalue weighted by Crippen LogP contribution is -1.96. The van der Waals surface area contributed by atoms with Crippen LogP contribution in [-0.2, 0) is 6.42 Å². The van der Waals surface area contributed by atoms with Crippen molar-refractivity contribution in [1.82, 2.24) is 0 Å². The highest BCUT2D eigenvalue weighted by atomic mass is 19.1. The summed E-state index contributed by atoms with van der Waals surface area (Å²) in [5, 5.41) is 21.5. The summed E-state index contributed by atoms with van der Waals surface area (Å²) in [6, 6.07) is 9.04. The molecule has 2 rings (SSSR count). The first-order valence-corrected chi connectivity index (χ1v) is 5.63. The van der Waals surface area contributed by atoms with E-state index >= 15 is 0 Å². The molecule has 0 aromatic heterocycles. The van der Waals surface area contributed by atoms with Gasteiger partial charge in [0.2, 0.25) is 0 Å². The Balaban J connectivity index is 2.37. The lowest BCUT2D eigenvalue weighted by atomic mass is 10.0. The van der Waals surface area contributed by atoms with Crippen LogP contribution in [0.3, 0.4) is 0 Å². The van der Waals surface area contributed by atoms with E-state index in [0.717, 1.165) is 6.07 Å². The zero-order valence-corrected chi connectivity index (χ0v) is 10.2. The third kappa shape index (κ3) is 3.14. The number of rotatable bonds is 4.